The Labute approximate surface area is 178 Å². The lowest BCUT2D eigenvalue weighted by molar-refractivity contribution is -0.135. The van der Waals surface area contributed by atoms with Gasteiger partial charge in [0.2, 0.25) is 0 Å². The number of rotatable bonds is 6. The molecule has 0 fully saturated rings. The van der Waals surface area contributed by atoms with Gasteiger partial charge in [-0.1, -0.05) is 35.9 Å². The number of hydrogen-bond donors (Lipinski definition) is 2. The molecular formula is C22H19ClN2O5. The first-order chi connectivity index (χ1) is 14.4. The van der Waals surface area contributed by atoms with Gasteiger partial charge in [-0.15, -0.1) is 0 Å². The number of esters is 1. The van der Waals surface area contributed by atoms with Crippen molar-refractivity contribution >= 4 is 41.0 Å². The molecule has 7 nitrogen and oxygen atoms in total. The quantitative estimate of drug-likeness (QED) is 0.676. The maximum Gasteiger partial charge on any atom is 0.343 e. The first-order valence-electron chi connectivity index (χ1n) is 8.95. The van der Waals surface area contributed by atoms with Gasteiger partial charge < -0.3 is 19.9 Å². The van der Waals surface area contributed by atoms with E-state index in [2.05, 4.69) is 15.0 Å². The van der Waals surface area contributed by atoms with Gasteiger partial charge >= 0.3 is 5.97 Å². The number of carbonyl (C=O) groups excluding carboxylic acids is 2. The van der Waals surface area contributed by atoms with Crippen LogP contribution in [-0.4, -0.2) is 36.4 Å². The normalized spacial score (nSPS) is 14.5. The molecule has 0 aromatic heterocycles. The van der Waals surface area contributed by atoms with Crippen LogP contribution in [0.3, 0.4) is 0 Å². The SMILES string of the molecule is COC(=O)C1=C(O)/C(=C/c2ccc(OCC(=O)Nc3ccccc3Cl)cc2)N=C1C. The van der Waals surface area contributed by atoms with E-state index in [1.54, 1.807) is 61.5 Å². The van der Waals surface area contributed by atoms with Crippen molar-refractivity contribution in [2.45, 2.75) is 6.92 Å². The van der Waals surface area contributed by atoms with Gasteiger partial charge in [-0.25, -0.2) is 9.79 Å². The average molecular weight is 427 g/mol. The van der Waals surface area contributed by atoms with Crippen molar-refractivity contribution in [2.24, 2.45) is 4.99 Å². The molecule has 0 atom stereocenters. The number of carbonyl (C=O) groups is 2. The van der Waals surface area contributed by atoms with Crippen LogP contribution in [0.5, 0.6) is 5.75 Å². The zero-order valence-corrected chi connectivity index (χ0v) is 17.1. The highest BCUT2D eigenvalue weighted by atomic mass is 35.5. The summed E-state index contributed by atoms with van der Waals surface area (Å²) in [7, 11) is 1.24. The van der Waals surface area contributed by atoms with E-state index < -0.39 is 5.97 Å². The zero-order valence-electron chi connectivity index (χ0n) is 16.3. The van der Waals surface area contributed by atoms with Gasteiger partial charge in [0, 0.05) is 0 Å². The van der Waals surface area contributed by atoms with Crippen LogP contribution in [0, 0.1) is 0 Å². The molecule has 154 valence electrons. The minimum absolute atomic E-state index is 0.0493. The van der Waals surface area contributed by atoms with Crippen molar-refractivity contribution in [1.82, 2.24) is 0 Å². The number of halogens is 1. The van der Waals surface area contributed by atoms with E-state index in [4.69, 9.17) is 16.3 Å². The van der Waals surface area contributed by atoms with Crippen molar-refractivity contribution in [3.63, 3.8) is 0 Å². The highest BCUT2D eigenvalue weighted by Crippen LogP contribution is 2.27. The van der Waals surface area contributed by atoms with Gasteiger partial charge in [0.05, 0.1) is 23.5 Å². The predicted molar refractivity (Wildman–Crippen MR) is 115 cm³/mol. The van der Waals surface area contributed by atoms with Gasteiger partial charge in [0.25, 0.3) is 5.91 Å². The Morgan fingerprint density at radius 3 is 2.53 bits per heavy atom. The molecule has 8 heteroatoms. The summed E-state index contributed by atoms with van der Waals surface area (Å²) in [5.74, 6) is -0.713. The standard InChI is InChI=1S/C22H19ClN2O5/c1-13-20(22(28)29-2)21(27)18(24-13)11-14-7-9-15(10-8-14)30-12-19(26)25-17-6-4-3-5-16(17)23/h3-11,27H,12H2,1-2H3,(H,25,26)/b18-11-. The first kappa shape index (κ1) is 21.1. The molecule has 1 aliphatic rings. The molecule has 0 unspecified atom stereocenters. The Morgan fingerprint density at radius 2 is 1.87 bits per heavy atom. The summed E-state index contributed by atoms with van der Waals surface area (Å²) in [6.07, 6.45) is 1.63. The van der Waals surface area contributed by atoms with Crippen LogP contribution in [0.4, 0.5) is 5.69 Å². The van der Waals surface area contributed by atoms with E-state index in [1.807, 2.05) is 0 Å². The summed E-state index contributed by atoms with van der Waals surface area (Å²) in [4.78, 5) is 28.0. The summed E-state index contributed by atoms with van der Waals surface area (Å²) >= 11 is 6.01. The number of aliphatic imine (C=N–C) groups is 1. The second-order valence-electron chi connectivity index (χ2n) is 6.33. The van der Waals surface area contributed by atoms with Crippen LogP contribution in [0.25, 0.3) is 6.08 Å². The van der Waals surface area contributed by atoms with Crippen LogP contribution >= 0.6 is 11.6 Å². The van der Waals surface area contributed by atoms with Gasteiger partial charge in [-0.3, -0.25) is 4.79 Å². The molecule has 0 saturated carbocycles. The average Bonchev–Trinajstić information content (AvgIpc) is 3.01. The number of methoxy groups -OCH3 is 1. The Hall–Kier alpha value is -3.58. The number of nitrogens with zero attached hydrogens (tertiary/aromatic N) is 1. The molecule has 2 aromatic carbocycles. The summed E-state index contributed by atoms with van der Waals surface area (Å²) in [5, 5.41) is 13.4. The van der Waals surface area contributed by atoms with Crippen molar-refractivity contribution in [3.8, 4) is 5.75 Å². The predicted octanol–water partition coefficient (Wildman–Crippen LogP) is 4.16. The van der Waals surface area contributed by atoms with Crippen molar-refractivity contribution in [2.75, 3.05) is 19.0 Å². The fourth-order valence-electron chi connectivity index (χ4n) is 2.75. The van der Waals surface area contributed by atoms with Gasteiger partial charge in [-0.2, -0.15) is 0 Å². The minimum Gasteiger partial charge on any atom is -0.505 e. The summed E-state index contributed by atoms with van der Waals surface area (Å²) in [6, 6.07) is 13.8. The number of ether oxygens (including phenoxy) is 2. The first-order valence-corrected chi connectivity index (χ1v) is 9.33. The molecule has 0 radical (unpaired) electrons. The van der Waals surface area contributed by atoms with E-state index in [9.17, 15) is 14.7 Å². The number of amides is 1. The number of anilines is 1. The molecule has 2 N–H and O–H groups in total. The summed E-state index contributed by atoms with van der Waals surface area (Å²) < 4.78 is 10.1. The van der Waals surface area contributed by atoms with E-state index in [0.29, 0.717) is 22.2 Å². The van der Waals surface area contributed by atoms with Crippen molar-refractivity contribution < 1.29 is 24.2 Å². The third-order valence-corrected chi connectivity index (χ3v) is 4.55. The number of hydrogen-bond acceptors (Lipinski definition) is 6. The van der Waals surface area contributed by atoms with E-state index in [0.717, 1.165) is 5.56 Å². The number of para-hydroxylation sites is 1. The third-order valence-electron chi connectivity index (χ3n) is 4.22. The van der Waals surface area contributed by atoms with E-state index in [-0.39, 0.29) is 29.5 Å². The molecular weight excluding hydrogens is 408 g/mol. The fourth-order valence-corrected chi connectivity index (χ4v) is 2.93. The number of benzene rings is 2. The second kappa shape index (κ2) is 9.28. The number of nitrogens with one attached hydrogen (secondary N) is 1. The molecule has 0 aliphatic carbocycles. The van der Waals surface area contributed by atoms with Crippen molar-refractivity contribution in [3.05, 3.63) is 76.1 Å². The highest BCUT2D eigenvalue weighted by Gasteiger charge is 2.27. The highest BCUT2D eigenvalue weighted by molar-refractivity contribution is 6.33. The molecule has 1 aliphatic heterocycles. The van der Waals surface area contributed by atoms with Crippen LogP contribution in [0.1, 0.15) is 12.5 Å². The molecule has 0 bridgehead atoms. The lowest BCUT2D eigenvalue weighted by atomic mass is 10.1. The monoisotopic (exact) mass is 426 g/mol. The lowest BCUT2D eigenvalue weighted by Gasteiger charge is -2.09. The van der Waals surface area contributed by atoms with Crippen LogP contribution in [-0.2, 0) is 14.3 Å². The van der Waals surface area contributed by atoms with E-state index in [1.165, 1.54) is 7.11 Å². The topological polar surface area (TPSA) is 97.2 Å². The van der Waals surface area contributed by atoms with Crippen LogP contribution in [0.15, 0.2) is 70.6 Å². The Balaban J connectivity index is 1.62. The molecule has 30 heavy (non-hydrogen) atoms. The molecule has 2 aromatic rings. The molecule has 0 saturated heterocycles. The van der Waals surface area contributed by atoms with Crippen LogP contribution in [0.2, 0.25) is 5.02 Å². The molecule has 3 rings (SSSR count). The number of aliphatic hydroxyl groups is 1. The Kier molecular flexibility index (Phi) is 6.54. The Morgan fingerprint density at radius 1 is 1.17 bits per heavy atom. The largest absolute Gasteiger partial charge is 0.505 e. The maximum atomic E-state index is 12.0. The third kappa shape index (κ3) is 4.87. The van der Waals surface area contributed by atoms with Gasteiger partial charge in [0.1, 0.15) is 17.0 Å². The maximum absolute atomic E-state index is 12.0. The second-order valence-corrected chi connectivity index (χ2v) is 6.73. The summed E-state index contributed by atoms with van der Waals surface area (Å²) in [5.41, 5.74) is 1.94. The lowest BCUT2D eigenvalue weighted by Crippen LogP contribution is -2.20. The molecule has 0 spiro atoms. The summed E-state index contributed by atoms with van der Waals surface area (Å²) in [6.45, 7) is 1.44. The molecule has 1 heterocycles. The zero-order chi connectivity index (χ0) is 21.7. The fraction of sp³-hybridized carbons (Fsp3) is 0.136. The van der Waals surface area contributed by atoms with Crippen LogP contribution < -0.4 is 10.1 Å². The molecule has 1 amide bonds. The Bertz CT molecular complexity index is 1070. The number of aliphatic hydroxyl groups excluding tert-OH is 1. The van der Waals surface area contributed by atoms with E-state index >= 15 is 0 Å². The smallest absolute Gasteiger partial charge is 0.343 e. The van der Waals surface area contributed by atoms with Crippen molar-refractivity contribution in [1.29, 1.82) is 0 Å². The van der Waals surface area contributed by atoms with Gasteiger partial charge in [0.15, 0.2) is 12.4 Å². The van der Waals surface area contributed by atoms with Gasteiger partial charge in [-0.05, 0) is 42.8 Å². The minimum atomic E-state index is -0.643.